The van der Waals surface area contributed by atoms with Crippen LogP contribution in [0.3, 0.4) is 0 Å². The van der Waals surface area contributed by atoms with Crippen LogP contribution in [0.1, 0.15) is 30.5 Å². The van der Waals surface area contributed by atoms with E-state index in [1.165, 1.54) is 22.4 Å². The summed E-state index contributed by atoms with van der Waals surface area (Å²) in [5.74, 6) is 0. The fourth-order valence-corrected chi connectivity index (χ4v) is 1.56. The molecule has 0 unspecified atom stereocenters. The third kappa shape index (κ3) is 5.43. The van der Waals surface area contributed by atoms with Crippen LogP contribution in [0.15, 0.2) is 12.1 Å². The summed E-state index contributed by atoms with van der Waals surface area (Å²) < 4.78 is 0. The smallest absolute Gasteiger partial charge is 0.0628 e. The van der Waals surface area contributed by atoms with E-state index >= 15 is 0 Å². The molecule has 0 heterocycles. The molecule has 0 aliphatic heterocycles. The van der Waals surface area contributed by atoms with Gasteiger partial charge in [-0.1, -0.05) is 31.5 Å². The van der Waals surface area contributed by atoms with Crippen LogP contribution in [0.2, 0.25) is 0 Å². The van der Waals surface area contributed by atoms with Crippen molar-refractivity contribution in [3.8, 4) is 12.8 Å². The van der Waals surface area contributed by atoms with E-state index in [0.29, 0.717) is 6.67 Å². The Morgan fingerprint density at radius 2 is 1.44 bits per heavy atom. The molecule has 0 aromatic heterocycles. The summed E-state index contributed by atoms with van der Waals surface area (Å²) in [6.07, 6.45) is 8.00. The maximum atomic E-state index is 5.43. The first-order chi connectivity index (χ1) is 7.65. The molecular weight excluding hydrogens is 196 g/mol. The van der Waals surface area contributed by atoms with Crippen molar-refractivity contribution in [3.05, 3.63) is 28.8 Å². The Bertz CT molecular complexity index is 291. The van der Waals surface area contributed by atoms with E-state index in [9.17, 15) is 0 Å². The molecule has 1 rings (SSSR count). The second-order valence-electron chi connectivity index (χ2n) is 3.15. The molecular formula is C14H24N2. The summed E-state index contributed by atoms with van der Waals surface area (Å²) in [7, 11) is 0. The summed E-state index contributed by atoms with van der Waals surface area (Å²) in [6.45, 7) is 10.8. The molecule has 0 spiro atoms. The first kappa shape index (κ1) is 17.0. The van der Waals surface area contributed by atoms with Gasteiger partial charge in [0.2, 0.25) is 0 Å². The minimum Gasteiger partial charge on any atom is -0.372 e. The van der Waals surface area contributed by atoms with Crippen LogP contribution in [0.5, 0.6) is 0 Å². The molecule has 2 heteroatoms. The molecule has 0 saturated heterocycles. The lowest BCUT2D eigenvalue weighted by atomic mass is 10.1. The third-order valence-electron chi connectivity index (χ3n) is 1.96. The van der Waals surface area contributed by atoms with Crippen LogP contribution >= 0.6 is 0 Å². The predicted octanol–water partition coefficient (Wildman–Crippen LogP) is 3.22. The first-order valence-electron chi connectivity index (χ1n) is 5.50. The number of rotatable bonds is 2. The average molecular weight is 220 g/mol. The summed E-state index contributed by atoms with van der Waals surface area (Å²) in [4.78, 5) is 0. The molecule has 1 aromatic carbocycles. The fraction of sp³-hybridized carbons (Fsp3) is 0.429. The predicted molar refractivity (Wildman–Crippen MR) is 74.6 cm³/mol. The van der Waals surface area contributed by atoms with E-state index in [1.54, 1.807) is 0 Å². The molecule has 2 nitrogen and oxygen atoms in total. The van der Waals surface area contributed by atoms with Crippen LogP contribution in [0, 0.1) is 33.6 Å². The minimum atomic E-state index is 0.491. The van der Waals surface area contributed by atoms with E-state index in [0.717, 1.165) is 0 Å². The van der Waals surface area contributed by atoms with E-state index in [-0.39, 0.29) is 0 Å². The Balaban J connectivity index is 0. The summed E-state index contributed by atoms with van der Waals surface area (Å²) in [5.41, 5.74) is 10.4. The number of anilines is 1. The highest BCUT2D eigenvalue weighted by molar-refractivity contribution is 5.57. The second-order valence-corrected chi connectivity index (χ2v) is 3.15. The van der Waals surface area contributed by atoms with Crippen molar-refractivity contribution in [2.45, 2.75) is 34.6 Å². The number of nitrogens with two attached hydrogens (primary N) is 1. The molecule has 0 amide bonds. The Morgan fingerprint density at radius 1 is 1.06 bits per heavy atom. The van der Waals surface area contributed by atoms with Crippen molar-refractivity contribution in [1.29, 1.82) is 0 Å². The van der Waals surface area contributed by atoms with Gasteiger partial charge in [0.1, 0.15) is 0 Å². The van der Waals surface area contributed by atoms with Crippen LogP contribution < -0.4 is 11.1 Å². The van der Waals surface area contributed by atoms with Crippen molar-refractivity contribution in [2.75, 3.05) is 12.0 Å². The highest BCUT2D eigenvalue weighted by Crippen LogP contribution is 2.20. The van der Waals surface area contributed by atoms with Gasteiger partial charge < -0.3 is 11.1 Å². The van der Waals surface area contributed by atoms with Crippen LogP contribution in [0.25, 0.3) is 0 Å². The van der Waals surface area contributed by atoms with E-state index in [2.05, 4.69) is 51.1 Å². The van der Waals surface area contributed by atoms with Gasteiger partial charge in [0.25, 0.3) is 0 Å². The quantitative estimate of drug-likeness (QED) is 0.593. The van der Waals surface area contributed by atoms with Gasteiger partial charge in [-0.3, -0.25) is 0 Å². The summed E-state index contributed by atoms with van der Waals surface area (Å²) in [6, 6.07) is 4.32. The van der Waals surface area contributed by atoms with E-state index < -0.39 is 0 Å². The van der Waals surface area contributed by atoms with Crippen LogP contribution in [0.4, 0.5) is 5.69 Å². The number of benzene rings is 1. The highest BCUT2D eigenvalue weighted by atomic mass is 15.0. The van der Waals surface area contributed by atoms with E-state index in [1.807, 2.05) is 13.8 Å². The lowest BCUT2D eigenvalue weighted by molar-refractivity contribution is 1.12. The lowest BCUT2D eigenvalue weighted by Crippen LogP contribution is -2.12. The Labute approximate surface area is 100 Å². The van der Waals surface area contributed by atoms with Gasteiger partial charge in [-0.15, -0.1) is 12.8 Å². The van der Waals surface area contributed by atoms with Gasteiger partial charge >= 0.3 is 0 Å². The monoisotopic (exact) mass is 220 g/mol. The second kappa shape index (κ2) is 10.1. The zero-order chi connectivity index (χ0) is 13.1. The number of nitrogens with one attached hydrogen (secondary N) is 1. The maximum Gasteiger partial charge on any atom is 0.0628 e. The first-order valence-corrected chi connectivity index (χ1v) is 5.50. The number of hydrogen-bond donors (Lipinski definition) is 2. The zero-order valence-electron chi connectivity index (χ0n) is 11.1. The van der Waals surface area contributed by atoms with Crippen LogP contribution in [-0.2, 0) is 0 Å². The fourth-order valence-electron chi connectivity index (χ4n) is 1.56. The largest absolute Gasteiger partial charge is 0.372 e. The molecule has 0 fully saturated rings. The molecule has 3 N–H and O–H groups in total. The third-order valence-corrected chi connectivity index (χ3v) is 1.96. The molecule has 1 aromatic rings. The molecule has 16 heavy (non-hydrogen) atoms. The number of hydrogen-bond acceptors (Lipinski definition) is 2. The maximum absolute atomic E-state index is 5.43. The van der Waals surface area contributed by atoms with Gasteiger partial charge in [0, 0.05) is 5.69 Å². The Hall–Kier alpha value is -1.46. The van der Waals surface area contributed by atoms with Crippen molar-refractivity contribution < 1.29 is 0 Å². The average Bonchev–Trinajstić information content (AvgIpc) is 2.29. The summed E-state index contributed by atoms with van der Waals surface area (Å²) >= 11 is 0. The van der Waals surface area contributed by atoms with Crippen molar-refractivity contribution in [1.82, 2.24) is 0 Å². The van der Waals surface area contributed by atoms with Crippen molar-refractivity contribution in [3.63, 3.8) is 0 Å². The minimum absolute atomic E-state index is 0.491. The Kier molecular flexibility index (Phi) is 10.7. The molecule has 90 valence electrons. The normalized spacial score (nSPS) is 8.00. The van der Waals surface area contributed by atoms with Gasteiger partial charge in [-0.2, -0.15) is 0 Å². The van der Waals surface area contributed by atoms with Gasteiger partial charge in [0.15, 0.2) is 0 Å². The molecule has 0 aliphatic rings. The number of aryl methyl sites for hydroxylation is 3. The van der Waals surface area contributed by atoms with Gasteiger partial charge in [-0.05, 0) is 31.9 Å². The number of terminal acetylenes is 1. The lowest BCUT2D eigenvalue weighted by Gasteiger charge is -2.11. The van der Waals surface area contributed by atoms with Gasteiger partial charge in [0.05, 0.1) is 6.67 Å². The Morgan fingerprint density at radius 3 is 1.75 bits per heavy atom. The van der Waals surface area contributed by atoms with Crippen molar-refractivity contribution in [2.24, 2.45) is 5.73 Å². The van der Waals surface area contributed by atoms with Crippen LogP contribution in [-0.4, -0.2) is 6.67 Å². The molecule has 0 atom stereocenters. The zero-order valence-corrected chi connectivity index (χ0v) is 11.1. The standard InChI is InChI=1S/C10H16N2.C2H6.C2H2/c1-7-4-8(2)10(12-6-11)9(3)5-7;2*1-2/h4-5,12H,6,11H2,1-3H3;1-2H3;1-2H. The molecule has 0 radical (unpaired) electrons. The molecule has 0 aliphatic carbocycles. The molecule has 0 bridgehead atoms. The van der Waals surface area contributed by atoms with Gasteiger partial charge in [-0.25, -0.2) is 0 Å². The molecule has 0 saturated carbocycles. The topological polar surface area (TPSA) is 38.0 Å². The summed E-state index contributed by atoms with van der Waals surface area (Å²) in [5, 5.41) is 3.15. The highest BCUT2D eigenvalue weighted by Gasteiger charge is 2.00. The van der Waals surface area contributed by atoms with E-state index in [4.69, 9.17) is 5.73 Å². The SMILES string of the molecule is C#C.CC.Cc1cc(C)c(NCN)c(C)c1. The van der Waals surface area contributed by atoms with Crippen molar-refractivity contribution >= 4 is 5.69 Å².